The summed E-state index contributed by atoms with van der Waals surface area (Å²) in [5.41, 5.74) is 4.90. The molecular weight excluding hydrogens is 598 g/mol. The van der Waals surface area contributed by atoms with Crippen LogP contribution >= 0.6 is 0 Å². The summed E-state index contributed by atoms with van der Waals surface area (Å²) in [5.74, 6) is -1.13. The Morgan fingerprint density at radius 1 is 1.04 bits per heavy atom. The molecule has 4 rings (SSSR count). The number of hydrogen-bond acceptors (Lipinski definition) is 7. The quantitative estimate of drug-likeness (QED) is 0.203. The maximum Gasteiger partial charge on any atom is 0.410 e. The number of amides is 3. The molecule has 3 amide bonds. The van der Waals surface area contributed by atoms with Gasteiger partial charge in [0.1, 0.15) is 17.7 Å². The van der Waals surface area contributed by atoms with Gasteiger partial charge in [-0.3, -0.25) is 19.9 Å². The number of hydrogen-bond donors (Lipinski definition) is 5. The maximum atomic E-state index is 13.6. The van der Waals surface area contributed by atoms with E-state index in [0.29, 0.717) is 38.9 Å². The molecule has 0 spiro atoms. The number of guanidine groups is 1. The first-order chi connectivity index (χ1) is 21.2. The summed E-state index contributed by atoms with van der Waals surface area (Å²) in [5, 5.41) is 14.9. The molecular formula is C31H45N7O6S. The normalized spacial score (nSPS) is 19.9. The fraction of sp³-hybridized carbons (Fsp3) is 0.548. The second-order valence-electron chi connectivity index (χ2n) is 12.7. The number of nitrogens with zero attached hydrogens (tertiary/aromatic N) is 2. The van der Waals surface area contributed by atoms with Crippen LogP contribution in [0.2, 0.25) is 0 Å². The molecule has 2 aliphatic rings. The van der Waals surface area contributed by atoms with Crippen molar-refractivity contribution in [1.29, 1.82) is 5.41 Å². The van der Waals surface area contributed by atoms with Crippen LogP contribution in [0.4, 0.5) is 4.79 Å². The minimum atomic E-state index is -4.05. The Balaban J connectivity index is 1.49. The molecule has 0 bridgehead atoms. The summed E-state index contributed by atoms with van der Waals surface area (Å²) in [7, 11) is -4.05. The minimum Gasteiger partial charge on any atom is -0.444 e. The van der Waals surface area contributed by atoms with Gasteiger partial charge in [0.05, 0.1) is 4.90 Å². The van der Waals surface area contributed by atoms with Crippen molar-refractivity contribution in [1.82, 2.24) is 25.2 Å². The first kappa shape index (κ1) is 34.0. The summed E-state index contributed by atoms with van der Waals surface area (Å²) in [4.78, 5) is 43.2. The third-order valence-electron chi connectivity index (χ3n) is 8.00. The topological polar surface area (TPSA) is 187 Å². The summed E-state index contributed by atoms with van der Waals surface area (Å²) in [6.07, 6.45) is 2.81. The van der Waals surface area contributed by atoms with Gasteiger partial charge in [0.2, 0.25) is 21.8 Å². The molecule has 2 aromatic rings. The predicted molar refractivity (Wildman–Crippen MR) is 171 cm³/mol. The highest BCUT2D eigenvalue weighted by atomic mass is 32.2. The molecule has 14 heteroatoms. The van der Waals surface area contributed by atoms with Gasteiger partial charge in [-0.2, -0.15) is 0 Å². The lowest BCUT2D eigenvalue weighted by atomic mass is 9.98. The molecule has 13 nitrogen and oxygen atoms in total. The third-order valence-corrected chi connectivity index (χ3v) is 9.42. The predicted octanol–water partition coefficient (Wildman–Crippen LogP) is 2.11. The Kier molecular flexibility index (Phi) is 10.9. The van der Waals surface area contributed by atoms with Crippen LogP contribution in [0.15, 0.2) is 47.4 Å². The second kappa shape index (κ2) is 14.5. The van der Waals surface area contributed by atoms with E-state index in [1.54, 1.807) is 37.8 Å². The van der Waals surface area contributed by atoms with Crippen molar-refractivity contribution in [2.45, 2.75) is 75.5 Å². The van der Waals surface area contributed by atoms with Gasteiger partial charge >= 0.3 is 6.09 Å². The van der Waals surface area contributed by atoms with E-state index in [9.17, 15) is 22.8 Å². The minimum absolute atomic E-state index is 0.0262. The number of ether oxygens (including phenoxy) is 1. The molecule has 246 valence electrons. The highest BCUT2D eigenvalue weighted by Gasteiger charge is 2.37. The van der Waals surface area contributed by atoms with Gasteiger partial charge in [0, 0.05) is 32.7 Å². The number of nitrogens with one attached hydrogen (secondary N) is 4. The Hall–Kier alpha value is -3.91. The van der Waals surface area contributed by atoms with E-state index in [2.05, 4.69) is 15.4 Å². The zero-order valence-electron chi connectivity index (χ0n) is 26.2. The van der Waals surface area contributed by atoms with Gasteiger partial charge in [0.25, 0.3) is 0 Å². The van der Waals surface area contributed by atoms with E-state index in [1.807, 2.05) is 24.3 Å². The second-order valence-corrected chi connectivity index (χ2v) is 14.5. The molecule has 2 aromatic carbocycles. The van der Waals surface area contributed by atoms with E-state index in [-0.39, 0.29) is 23.3 Å². The highest BCUT2D eigenvalue weighted by molar-refractivity contribution is 7.89. The van der Waals surface area contributed by atoms with Crippen molar-refractivity contribution >= 4 is 44.7 Å². The van der Waals surface area contributed by atoms with Crippen LogP contribution in [0.3, 0.4) is 0 Å². The first-order valence-corrected chi connectivity index (χ1v) is 16.9. The van der Waals surface area contributed by atoms with Crippen molar-refractivity contribution in [3.63, 3.8) is 0 Å². The third kappa shape index (κ3) is 9.30. The van der Waals surface area contributed by atoms with Crippen LogP contribution in [0, 0.1) is 11.3 Å². The SMILES string of the molecule is CC(C)(C)OC(=O)N1CCCC[C@@H]1C(=O)NC(CNS(=O)(=O)c1ccc2ccccc2c1)C(=O)NC[C@@H]1CCCN(C(=N)N)C1. The van der Waals surface area contributed by atoms with Crippen molar-refractivity contribution in [2.24, 2.45) is 11.7 Å². The number of carbonyl (C=O) groups is 3. The number of likely N-dealkylation sites (tertiary alicyclic amines) is 2. The zero-order chi connectivity index (χ0) is 32.8. The van der Waals surface area contributed by atoms with Crippen molar-refractivity contribution in [2.75, 3.05) is 32.7 Å². The summed E-state index contributed by atoms with van der Waals surface area (Å²) in [6, 6.07) is 9.98. The Labute approximate surface area is 264 Å². The molecule has 2 fully saturated rings. The van der Waals surface area contributed by atoms with E-state index in [0.717, 1.165) is 23.6 Å². The molecule has 6 N–H and O–H groups in total. The maximum absolute atomic E-state index is 13.6. The number of carbonyl (C=O) groups excluding carboxylic acids is 3. The molecule has 0 aromatic heterocycles. The monoisotopic (exact) mass is 643 g/mol. The smallest absolute Gasteiger partial charge is 0.410 e. The lowest BCUT2D eigenvalue weighted by molar-refractivity contribution is -0.132. The number of sulfonamides is 1. The molecule has 1 unspecified atom stereocenters. The van der Waals surface area contributed by atoms with E-state index in [4.69, 9.17) is 15.9 Å². The van der Waals surface area contributed by atoms with Crippen LogP contribution < -0.4 is 21.1 Å². The molecule has 2 aliphatic heterocycles. The molecule has 3 atom stereocenters. The van der Waals surface area contributed by atoms with Crippen LogP contribution in [0.5, 0.6) is 0 Å². The summed E-state index contributed by atoms with van der Waals surface area (Å²) in [6.45, 7) is 6.59. The van der Waals surface area contributed by atoms with Gasteiger partial charge in [-0.15, -0.1) is 0 Å². The average Bonchev–Trinajstić information content (AvgIpc) is 3.00. The van der Waals surface area contributed by atoms with Gasteiger partial charge in [-0.1, -0.05) is 30.3 Å². The van der Waals surface area contributed by atoms with Gasteiger partial charge in [-0.25, -0.2) is 17.9 Å². The Morgan fingerprint density at radius 3 is 2.49 bits per heavy atom. The van der Waals surface area contributed by atoms with Crippen molar-refractivity contribution in [3.05, 3.63) is 42.5 Å². The molecule has 2 heterocycles. The first-order valence-electron chi connectivity index (χ1n) is 15.4. The summed E-state index contributed by atoms with van der Waals surface area (Å²) >= 11 is 0. The van der Waals surface area contributed by atoms with Gasteiger partial charge in [0.15, 0.2) is 5.96 Å². The lowest BCUT2D eigenvalue weighted by Gasteiger charge is -2.36. The number of benzene rings is 2. The number of piperidine rings is 2. The fourth-order valence-electron chi connectivity index (χ4n) is 5.65. The van der Waals surface area contributed by atoms with Crippen molar-refractivity contribution in [3.8, 4) is 0 Å². The molecule has 0 aliphatic carbocycles. The lowest BCUT2D eigenvalue weighted by Crippen LogP contribution is -2.59. The molecule has 45 heavy (non-hydrogen) atoms. The molecule has 0 saturated carbocycles. The molecule has 0 radical (unpaired) electrons. The van der Waals surface area contributed by atoms with E-state index in [1.165, 1.54) is 11.0 Å². The zero-order valence-corrected chi connectivity index (χ0v) is 27.0. The van der Waals surface area contributed by atoms with Crippen LogP contribution in [0.1, 0.15) is 52.9 Å². The summed E-state index contributed by atoms with van der Waals surface area (Å²) < 4.78 is 34.6. The van der Waals surface area contributed by atoms with Gasteiger partial charge in [-0.05, 0) is 81.7 Å². The number of rotatable bonds is 9. The van der Waals surface area contributed by atoms with E-state index >= 15 is 0 Å². The number of fused-ring (bicyclic) bond motifs is 1. The van der Waals surface area contributed by atoms with Crippen LogP contribution in [0.25, 0.3) is 10.8 Å². The standard InChI is InChI=1S/C31H45N7O6S/c1-31(2,3)44-30(41)38-16-7-6-12-26(38)28(40)36-25(27(39)34-18-21-9-8-15-37(20-21)29(32)33)19-35-45(42,43)24-14-13-22-10-4-5-11-23(22)17-24/h4-5,10-11,13-14,17,21,25-26,35H,6-9,12,15-16,18-20H2,1-3H3,(H3,32,33)(H,34,39)(H,36,40)/t21-,25?,26+/m0/s1. The largest absolute Gasteiger partial charge is 0.444 e. The highest BCUT2D eigenvalue weighted by Crippen LogP contribution is 2.22. The average molecular weight is 644 g/mol. The fourth-order valence-corrected chi connectivity index (χ4v) is 6.73. The number of nitrogens with two attached hydrogens (primary N) is 1. The van der Waals surface area contributed by atoms with Crippen molar-refractivity contribution < 1.29 is 27.5 Å². The van der Waals surface area contributed by atoms with Crippen LogP contribution in [-0.2, 0) is 24.3 Å². The Morgan fingerprint density at radius 2 is 1.78 bits per heavy atom. The molecule has 2 saturated heterocycles. The Bertz CT molecular complexity index is 1510. The van der Waals surface area contributed by atoms with E-state index < -0.39 is 52.2 Å². The van der Waals surface area contributed by atoms with Gasteiger partial charge < -0.3 is 26.0 Å². The van der Waals surface area contributed by atoms with Crippen LogP contribution in [-0.4, -0.2) is 92.5 Å².